The Morgan fingerprint density at radius 2 is 1.94 bits per heavy atom. The van der Waals surface area contributed by atoms with Gasteiger partial charge < -0.3 is 15.2 Å². The molecule has 1 aromatic heterocycles. The van der Waals surface area contributed by atoms with Crippen molar-refractivity contribution in [2.45, 2.75) is 51.3 Å². The normalized spacial score (nSPS) is 14.8. The Morgan fingerprint density at radius 3 is 2.71 bits per heavy atom. The van der Waals surface area contributed by atoms with Gasteiger partial charge in [-0.05, 0) is 34.4 Å². The van der Waals surface area contributed by atoms with Crippen molar-refractivity contribution in [2.24, 2.45) is 5.10 Å². The number of rotatable bonds is 11. The molecule has 2 atom stereocenters. The lowest BCUT2D eigenvalue weighted by Gasteiger charge is -2.30. The fourth-order valence-corrected chi connectivity index (χ4v) is 4.99. The Hall–Kier alpha value is -3.63. The van der Waals surface area contributed by atoms with E-state index in [0.29, 0.717) is 18.7 Å². The van der Waals surface area contributed by atoms with Crippen LogP contribution in [0.5, 0.6) is 0 Å². The third-order valence-electron chi connectivity index (χ3n) is 5.82. The van der Waals surface area contributed by atoms with Crippen LogP contribution in [0.1, 0.15) is 37.3 Å². The van der Waals surface area contributed by atoms with E-state index in [-0.39, 0.29) is 6.61 Å². The van der Waals surface area contributed by atoms with Crippen LogP contribution in [0.25, 0.3) is 10.1 Å². The van der Waals surface area contributed by atoms with Gasteiger partial charge in [0.2, 0.25) is 0 Å². The van der Waals surface area contributed by atoms with Gasteiger partial charge in [-0.1, -0.05) is 68.3 Å². The van der Waals surface area contributed by atoms with E-state index in [1.807, 2.05) is 61.5 Å². The molecule has 1 amide bonds. The maximum atomic E-state index is 12.8. The average molecular weight is 496 g/mol. The number of carboxylic acids is 1. The number of benzene rings is 2. The lowest BCUT2D eigenvalue weighted by molar-refractivity contribution is -0.143. The number of amidine groups is 1. The molecule has 9 nitrogen and oxygen atoms in total. The highest BCUT2D eigenvalue weighted by atomic mass is 32.1. The molecular weight excluding hydrogens is 466 g/mol. The van der Waals surface area contributed by atoms with E-state index in [1.54, 1.807) is 11.3 Å². The average Bonchev–Trinajstić information content (AvgIpc) is 3.51. The SMILES string of the molecule is CCCC[C@@H](C(=O)O)N1NNN=C1[C@H](Cc1csc2ccccc12)NC(=O)OCc1ccccc1. The Labute approximate surface area is 207 Å². The zero-order valence-corrected chi connectivity index (χ0v) is 20.3. The number of nitrogens with one attached hydrogen (secondary N) is 3. The molecule has 2 heterocycles. The number of hydrazone groups is 1. The molecule has 1 aliphatic rings. The number of alkyl carbamates (subject to hydrolysis) is 1. The Kier molecular flexibility index (Phi) is 8.17. The van der Waals surface area contributed by atoms with Crippen LogP contribution in [0.4, 0.5) is 4.79 Å². The van der Waals surface area contributed by atoms with Crippen LogP contribution in [0.2, 0.25) is 0 Å². The van der Waals surface area contributed by atoms with Crippen molar-refractivity contribution in [3.8, 4) is 0 Å². The molecule has 4 N–H and O–H groups in total. The van der Waals surface area contributed by atoms with Crippen molar-refractivity contribution < 1.29 is 19.4 Å². The molecule has 0 saturated carbocycles. The van der Waals surface area contributed by atoms with Crippen LogP contribution in [-0.2, 0) is 22.6 Å². The highest BCUT2D eigenvalue weighted by Gasteiger charge is 2.36. The monoisotopic (exact) mass is 495 g/mol. The summed E-state index contributed by atoms with van der Waals surface area (Å²) in [4.78, 5) is 24.9. The number of hydrogen-bond acceptors (Lipinski definition) is 8. The third-order valence-corrected chi connectivity index (χ3v) is 6.83. The molecule has 0 fully saturated rings. The van der Waals surface area contributed by atoms with Gasteiger partial charge >= 0.3 is 12.1 Å². The van der Waals surface area contributed by atoms with Gasteiger partial charge in [-0.2, -0.15) is 0 Å². The minimum Gasteiger partial charge on any atom is -0.480 e. The number of thiophene rings is 1. The van der Waals surface area contributed by atoms with E-state index in [1.165, 1.54) is 5.01 Å². The molecular formula is C25H29N5O4S. The van der Waals surface area contributed by atoms with Gasteiger partial charge in [0.25, 0.3) is 0 Å². The summed E-state index contributed by atoms with van der Waals surface area (Å²) in [5, 5.41) is 21.7. The maximum absolute atomic E-state index is 12.8. The Morgan fingerprint density at radius 1 is 1.17 bits per heavy atom. The second-order valence-electron chi connectivity index (χ2n) is 8.28. The first-order valence-electron chi connectivity index (χ1n) is 11.6. The van der Waals surface area contributed by atoms with E-state index < -0.39 is 24.1 Å². The molecule has 184 valence electrons. The van der Waals surface area contributed by atoms with Crippen molar-refractivity contribution in [2.75, 3.05) is 0 Å². The summed E-state index contributed by atoms with van der Waals surface area (Å²) >= 11 is 1.63. The first-order valence-corrected chi connectivity index (χ1v) is 12.5. The van der Waals surface area contributed by atoms with Gasteiger partial charge in [-0.15, -0.1) is 22.0 Å². The first-order chi connectivity index (χ1) is 17.1. The standard InChI is InChI=1S/C25H29N5O4S/c1-2-3-12-21(24(31)32)30-23(27-28-29-30)20(14-18-16-35-22-13-8-7-11-19(18)22)26-25(33)34-15-17-9-5-4-6-10-17/h4-11,13,16,20-21,28-29H,2-3,12,14-15H2,1H3,(H,26,33)(H,31,32)/t20-,21-/m0/s1. The van der Waals surface area contributed by atoms with E-state index in [9.17, 15) is 14.7 Å². The number of aliphatic carboxylic acids is 1. The number of hydrazine groups is 2. The molecule has 0 aliphatic carbocycles. The largest absolute Gasteiger partial charge is 0.480 e. The molecule has 0 radical (unpaired) electrons. The van der Waals surface area contributed by atoms with Crippen molar-refractivity contribution in [1.82, 2.24) is 21.4 Å². The fourth-order valence-electron chi connectivity index (χ4n) is 4.02. The van der Waals surface area contributed by atoms with Gasteiger partial charge in [-0.3, -0.25) is 5.01 Å². The molecule has 0 saturated heterocycles. The molecule has 0 spiro atoms. The van der Waals surface area contributed by atoms with Gasteiger partial charge in [0.1, 0.15) is 12.6 Å². The first kappa shape index (κ1) is 24.5. The summed E-state index contributed by atoms with van der Waals surface area (Å²) in [6.45, 7) is 2.14. The summed E-state index contributed by atoms with van der Waals surface area (Å²) in [7, 11) is 0. The lowest BCUT2D eigenvalue weighted by atomic mass is 10.0. The van der Waals surface area contributed by atoms with Crippen LogP contribution in [-0.4, -0.2) is 40.1 Å². The third kappa shape index (κ3) is 6.09. The molecule has 10 heteroatoms. The second-order valence-corrected chi connectivity index (χ2v) is 9.19. The molecule has 3 aromatic rings. The van der Waals surface area contributed by atoms with Crippen molar-refractivity contribution in [3.05, 3.63) is 71.1 Å². The number of fused-ring (bicyclic) bond motifs is 1. The second kappa shape index (κ2) is 11.7. The number of ether oxygens (including phenoxy) is 1. The number of nitrogens with zero attached hydrogens (tertiary/aromatic N) is 2. The van der Waals surface area contributed by atoms with Gasteiger partial charge in [0.05, 0.1) is 6.04 Å². The predicted molar refractivity (Wildman–Crippen MR) is 136 cm³/mol. The Balaban J connectivity index is 1.56. The quantitative estimate of drug-likeness (QED) is 0.318. The molecule has 1 aliphatic heterocycles. The highest BCUT2D eigenvalue weighted by Crippen LogP contribution is 2.27. The summed E-state index contributed by atoms with van der Waals surface area (Å²) in [5.41, 5.74) is 7.42. The smallest absolute Gasteiger partial charge is 0.408 e. The number of carboxylic acid groups (broad SMARTS) is 1. The highest BCUT2D eigenvalue weighted by molar-refractivity contribution is 7.17. The van der Waals surface area contributed by atoms with E-state index in [0.717, 1.165) is 34.1 Å². The van der Waals surface area contributed by atoms with Crippen molar-refractivity contribution in [3.63, 3.8) is 0 Å². The van der Waals surface area contributed by atoms with Gasteiger partial charge in [-0.25, -0.2) is 15.1 Å². The summed E-state index contributed by atoms with van der Waals surface area (Å²) in [6, 6.07) is 16.0. The topological polar surface area (TPSA) is 115 Å². The number of carbonyl (C=O) groups excluding carboxylic acids is 1. The van der Waals surface area contributed by atoms with Crippen LogP contribution >= 0.6 is 11.3 Å². The van der Waals surface area contributed by atoms with Gasteiger partial charge in [0, 0.05) is 11.1 Å². The van der Waals surface area contributed by atoms with Crippen LogP contribution in [0.15, 0.2) is 65.1 Å². The van der Waals surface area contributed by atoms with Crippen LogP contribution in [0.3, 0.4) is 0 Å². The Bertz CT molecular complexity index is 1180. The predicted octanol–water partition coefficient (Wildman–Crippen LogP) is 4.02. The van der Waals surface area contributed by atoms with Crippen molar-refractivity contribution in [1.29, 1.82) is 0 Å². The molecule has 4 rings (SSSR count). The summed E-state index contributed by atoms with van der Waals surface area (Å²) < 4.78 is 6.59. The van der Waals surface area contributed by atoms with E-state index >= 15 is 0 Å². The van der Waals surface area contributed by atoms with Crippen molar-refractivity contribution >= 4 is 39.3 Å². The van der Waals surface area contributed by atoms with E-state index in [4.69, 9.17) is 4.74 Å². The number of amides is 1. The van der Waals surface area contributed by atoms with Gasteiger partial charge in [0.15, 0.2) is 5.84 Å². The molecule has 0 unspecified atom stereocenters. The number of unbranched alkanes of at least 4 members (excludes halogenated alkanes) is 1. The molecule has 0 bridgehead atoms. The maximum Gasteiger partial charge on any atom is 0.408 e. The fraction of sp³-hybridized carbons (Fsp3) is 0.320. The van der Waals surface area contributed by atoms with E-state index in [2.05, 4.69) is 26.9 Å². The zero-order valence-electron chi connectivity index (χ0n) is 19.4. The summed E-state index contributed by atoms with van der Waals surface area (Å²) in [5.74, 6) is -0.575. The zero-order chi connectivity index (χ0) is 24.6. The van der Waals surface area contributed by atoms with Crippen LogP contribution < -0.4 is 16.4 Å². The lowest BCUT2D eigenvalue weighted by Crippen LogP contribution is -2.57. The minimum absolute atomic E-state index is 0.127. The molecule has 2 aromatic carbocycles. The minimum atomic E-state index is -0.964. The van der Waals surface area contributed by atoms with Crippen LogP contribution in [0, 0.1) is 0 Å². The number of carbonyl (C=O) groups is 2. The number of hydrogen-bond donors (Lipinski definition) is 4. The molecule has 35 heavy (non-hydrogen) atoms. The summed E-state index contributed by atoms with van der Waals surface area (Å²) in [6.07, 6.45) is 1.86.